The van der Waals surface area contributed by atoms with Gasteiger partial charge in [0.2, 0.25) is 0 Å². The standard InChI is InChI=1S/C2H6BrP/c1-4-2-3/h4H,2H2,1H3. The highest BCUT2D eigenvalue weighted by Crippen LogP contribution is 2.03. The van der Waals surface area contributed by atoms with Crippen LogP contribution in [0.15, 0.2) is 0 Å². The molecular weight excluding hydrogens is 135 g/mol. The van der Waals surface area contributed by atoms with Crippen LogP contribution in [0.25, 0.3) is 0 Å². The van der Waals surface area contributed by atoms with Gasteiger partial charge in [0.1, 0.15) is 0 Å². The van der Waals surface area contributed by atoms with Gasteiger partial charge in [-0.05, 0) is 6.66 Å². The topological polar surface area (TPSA) is 0 Å². The van der Waals surface area contributed by atoms with Crippen LogP contribution in [-0.2, 0) is 0 Å². The van der Waals surface area contributed by atoms with Gasteiger partial charge in [-0.25, -0.2) is 0 Å². The molecule has 0 nitrogen and oxygen atoms in total. The molecule has 4 heavy (non-hydrogen) atoms. The molecule has 0 aliphatic rings. The van der Waals surface area contributed by atoms with Gasteiger partial charge in [0.25, 0.3) is 0 Å². The molecule has 0 saturated heterocycles. The smallest absolute Gasteiger partial charge is 0.0203 e. The van der Waals surface area contributed by atoms with Gasteiger partial charge in [-0.2, -0.15) is 0 Å². The molecule has 2 heteroatoms. The van der Waals surface area contributed by atoms with Crippen LogP contribution in [0.2, 0.25) is 0 Å². The number of rotatable bonds is 1. The Bertz CT molecular complexity index is 8.00. The molecule has 26 valence electrons. The first-order chi connectivity index (χ1) is 1.91. The summed E-state index contributed by atoms with van der Waals surface area (Å²) in [6, 6.07) is 0. The number of hydrogen-bond acceptors (Lipinski definition) is 0. The maximum absolute atomic E-state index is 3.26. The molecule has 0 heterocycles. The molecule has 1 unspecified atom stereocenters. The van der Waals surface area contributed by atoms with Crippen molar-refractivity contribution in [3.05, 3.63) is 0 Å². The minimum absolute atomic E-state index is 1.06. The molecule has 0 saturated carbocycles. The lowest BCUT2D eigenvalue weighted by atomic mass is 11.9. The van der Waals surface area contributed by atoms with Crippen LogP contribution in [0.3, 0.4) is 0 Å². The van der Waals surface area contributed by atoms with Crippen molar-refractivity contribution in [2.24, 2.45) is 0 Å². The van der Waals surface area contributed by atoms with E-state index in [4.69, 9.17) is 0 Å². The fraction of sp³-hybridized carbons (Fsp3) is 1.00. The molecule has 0 bridgehead atoms. The van der Waals surface area contributed by atoms with Crippen molar-refractivity contribution in [3.63, 3.8) is 0 Å². The fourth-order valence-electron chi connectivity index (χ4n) is 0. The zero-order valence-corrected chi connectivity index (χ0v) is 5.17. The first-order valence-electron chi connectivity index (χ1n) is 1.12. The van der Waals surface area contributed by atoms with Crippen molar-refractivity contribution in [1.29, 1.82) is 0 Å². The summed E-state index contributed by atoms with van der Waals surface area (Å²) >= 11 is 3.26. The lowest BCUT2D eigenvalue weighted by Gasteiger charge is -1.67. The van der Waals surface area contributed by atoms with Crippen LogP contribution in [0.5, 0.6) is 0 Å². The maximum Gasteiger partial charge on any atom is 0.0203 e. The monoisotopic (exact) mass is 140 g/mol. The van der Waals surface area contributed by atoms with Crippen molar-refractivity contribution in [3.8, 4) is 0 Å². The van der Waals surface area contributed by atoms with E-state index in [9.17, 15) is 0 Å². The van der Waals surface area contributed by atoms with E-state index in [1.165, 1.54) is 0 Å². The lowest BCUT2D eigenvalue weighted by molar-refractivity contribution is 2.24. The van der Waals surface area contributed by atoms with Crippen LogP contribution < -0.4 is 0 Å². The highest BCUT2D eigenvalue weighted by Gasteiger charge is 1.57. The van der Waals surface area contributed by atoms with E-state index in [1.807, 2.05) is 0 Å². The second kappa shape index (κ2) is 3.91. The highest BCUT2D eigenvalue weighted by molar-refractivity contribution is 9.10. The molecule has 0 N–H and O–H groups in total. The zero-order chi connectivity index (χ0) is 3.41. The van der Waals surface area contributed by atoms with E-state index in [-0.39, 0.29) is 0 Å². The molecule has 0 rings (SSSR count). The Morgan fingerprint density at radius 2 is 2.25 bits per heavy atom. The molecule has 0 amide bonds. The van der Waals surface area contributed by atoms with Crippen LogP contribution in [0.1, 0.15) is 0 Å². The average Bonchev–Trinajstić information content (AvgIpc) is 1.37. The van der Waals surface area contributed by atoms with Gasteiger partial charge in [0.05, 0.1) is 0 Å². The first-order valence-corrected chi connectivity index (χ1v) is 3.95. The van der Waals surface area contributed by atoms with Crippen LogP contribution >= 0.6 is 24.5 Å². The maximum atomic E-state index is 3.26. The summed E-state index contributed by atoms with van der Waals surface area (Å²) < 4.78 is 0. The van der Waals surface area contributed by atoms with Gasteiger partial charge in [0.15, 0.2) is 0 Å². The summed E-state index contributed by atoms with van der Waals surface area (Å²) in [6.45, 7) is 2.16. The Hall–Kier alpha value is 0.910. The molecule has 0 aromatic heterocycles. The summed E-state index contributed by atoms with van der Waals surface area (Å²) in [5.74, 6) is 0. The Kier molecular flexibility index (Phi) is 4.80. The SMILES string of the molecule is CPCBr. The van der Waals surface area contributed by atoms with E-state index >= 15 is 0 Å². The molecule has 0 aliphatic heterocycles. The lowest BCUT2D eigenvalue weighted by Crippen LogP contribution is -1.38. The van der Waals surface area contributed by atoms with Crippen LogP contribution in [-0.4, -0.2) is 11.7 Å². The predicted molar refractivity (Wildman–Crippen MR) is 28.0 cm³/mol. The van der Waals surface area contributed by atoms with Gasteiger partial charge in [-0.1, -0.05) is 15.9 Å². The highest BCUT2D eigenvalue weighted by atomic mass is 79.9. The molecule has 0 aromatic carbocycles. The van der Waals surface area contributed by atoms with Crippen molar-refractivity contribution in [1.82, 2.24) is 0 Å². The number of hydrogen-bond donors (Lipinski definition) is 0. The predicted octanol–water partition coefficient (Wildman–Crippen LogP) is 1.65. The van der Waals surface area contributed by atoms with Gasteiger partial charge in [-0.15, -0.1) is 8.58 Å². The molecule has 0 fully saturated rings. The second-order valence-electron chi connectivity index (χ2n) is 0.487. The third-order valence-electron chi connectivity index (χ3n) is 0.134. The zero-order valence-electron chi connectivity index (χ0n) is 2.59. The van der Waals surface area contributed by atoms with Gasteiger partial charge < -0.3 is 0 Å². The van der Waals surface area contributed by atoms with E-state index in [0.717, 1.165) is 13.7 Å². The van der Waals surface area contributed by atoms with Crippen molar-refractivity contribution in [2.45, 2.75) is 0 Å². The first kappa shape index (κ1) is 4.91. The number of alkyl halides is 1. The van der Waals surface area contributed by atoms with E-state index in [0.29, 0.717) is 0 Å². The van der Waals surface area contributed by atoms with Gasteiger partial charge in [-0.3, -0.25) is 0 Å². The Morgan fingerprint density at radius 1 is 2.00 bits per heavy atom. The summed E-state index contributed by atoms with van der Waals surface area (Å²) in [6.07, 6.45) is 0. The van der Waals surface area contributed by atoms with Crippen LogP contribution in [0.4, 0.5) is 0 Å². The minimum atomic E-state index is 1.06. The minimum Gasteiger partial charge on any atom is -0.114 e. The Balaban J connectivity index is 1.97. The Labute approximate surface area is 36.9 Å². The molecule has 0 spiro atoms. The van der Waals surface area contributed by atoms with Gasteiger partial charge >= 0.3 is 0 Å². The summed E-state index contributed by atoms with van der Waals surface area (Å²) in [4.78, 5) is 0. The summed E-state index contributed by atoms with van der Waals surface area (Å²) in [5, 5.41) is 1.16. The largest absolute Gasteiger partial charge is 0.114 e. The van der Waals surface area contributed by atoms with Gasteiger partial charge in [0, 0.05) is 5.07 Å². The molecule has 1 atom stereocenters. The average molecular weight is 141 g/mol. The summed E-state index contributed by atoms with van der Waals surface area (Å²) in [7, 11) is 1.06. The van der Waals surface area contributed by atoms with Crippen molar-refractivity contribution >= 4 is 24.5 Å². The van der Waals surface area contributed by atoms with Crippen LogP contribution in [0, 0.1) is 0 Å². The Morgan fingerprint density at radius 3 is 2.25 bits per heavy atom. The fourth-order valence-corrected chi connectivity index (χ4v) is 0. The van der Waals surface area contributed by atoms with E-state index in [1.54, 1.807) is 0 Å². The van der Waals surface area contributed by atoms with E-state index < -0.39 is 0 Å². The normalized spacial score (nSPS) is 10.5. The van der Waals surface area contributed by atoms with Crippen molar-refractivity contribution < 1.29 is 0 Å². The number of halogens is 1. The second-order valence-corrected chi connectivity index (χ2v) is 3.14. The third-order valence-corrected chi connectivity index (χ3v) is 2.08. The molecule has 0 radical (unpaired) electrons. The summed E-state index contributed by atoms with van der Waals surface area (Å²) in [5.41, 5.74) is 0. The molecule has 0 aromatic rings. The molecular formula is C2H6BrP. The van der Waals surface area contributed by atoms with E-state index in [2.05, 4.69) is 22.6 Å². The molecule has 0 aliphatic carbocycles. The third kappa shape index (κ3) is 2.91. The van der Waals surface area contributed by atoms with Crippen molar-refractivity contribution in [2.75, 3.05) is 11.7 Å². The quantitative estimate of drug-likeness (QED) is 0.384.